The molecule has 1 unspecified atom stereocenters. The molecule has 0 aliphatic carbocycles. The number of rotatable bonds is 5. The van der Waals surface area contributed by atoms with Crippen molar-refractivity contribution in [3.63, 3.8) is 0 Å². The molecule has 4 rings (SSSR count). The summed E-state index contributed by atoms with van der Waals surface area (Å²) in [5.74, 6) is 0.809. The quantitative estimate of drug-likeness (QED) is 0.731. The van der Waals surface area contributed by atoms with Gasteiger partial charge in [0.15, 0.2) is 5.69 Å². The monoisotopic (exact) mass is 346 g/mol. The highest BCUT2D eigenvalue weighted by Gasteiger charge is 2.16. The molecule has 1 aliphatic rings. The largest absolute Gasteiger partial charge is 0.489 e. The number of pyridine rings is 1. The van der Waals surface area contributed by atoms with E-state index in [1.165, 1.54) is 0 Å². The van der Waals surface area contributed by atoms with Crippen molar-refractivity contribution in [3.05, 3.63) is 54.0 Å². The molecule has 3 aromatic rings. The lowest BCUT2D eigenvalue weighted by molar-refractivity contribution is 0.222. The van der Waals surface area contributed by atoms with E-state index in [1.54, 1.807) is 6.20 Å². The van der Waals surface area contributed by atoms with Crippen molar-refractivity contribution in [3.8, 4) is 11.8 Å². The second kappa shape index (κ2) is 7.33. The van der Waals surface area contributed by atoms with Crippen LogP contribution in [0, 0.1) is 11.3 Å². The zero-order chi connectivity index (χ0) is 17.8. The smallest absolute Gasteiger partial charge is 0.186 e. The van der Waals surface area contributed by atoms with Crippen LogP contribution >= 0.6 is 0 Å². The van der Waals surface area contributed by atoms with Gasteiger partial charge in [0.05, 0.1) is 23.4 Å². The third kappa shape index (κ3) is 3.41. The number of aromatic nitrogens is 3. The second-order valence-electron chi connectivity index (χ2n) is 6.12. The maximum atomic E-state index is 9.34. The molecule has 0 bridgehead atoms. The average molecular weight is 346 g/mol. The summed E-state index contributed by atoms with van der Waals surface area (Å²) < 4.78 is 5.98. The molecule has 2 N–H and O–H groups in total. The van der Waals surface area contributed by atoms with Crippen LogP contribution < -0.4 is 15.4 Å². The average Bonchev–Trinajstić information content (AvgIpc) is 3.19. The van der Waals surface area contributed by atoms with E-state index in [1.807, 2.05) is 36.4 Å². The molecule has 7 nitrogen and oxygen atoms in total. The highest BCUT2D eigenvalue weighted by molar-refractivity contribution is 5.92. The number of hydrogen-bond acceptors (Lipinski definition) is 7. The molecule has 1 atom stereocenters. The summed E-state index contributed by atoms with van der Waals surface area (Å²) in [5.41, 5.74) is 2.52. The molecule has 1 saturated heterocycles. The van der Waals surface area contributed by atoms with Gasteiger partial charge in [0.25, 0.3) is 0 Å². The van der Waals surface area contributed by atoms with Gasteiger partial charge >= 0.3 is 0 Å². The van der Waals surface area contributed by atoms with E-state index in [2.05, 4.69) is 31.9 Å². The lowest BCUT2D eigenvalue weighted by atomic mass is 10.1. The van der Waals surface area contributed by atoms with Gasteiger partial charge in [-0.1, -0.05) is 18.2 Å². The summed E-state index contributed by atoms with van der Waals surface area (Å²) in [6.45, 7) is 2.32. The van der Waals surface area contributed by atoms with Gasteiger partial charge in [-0.05, 0) is 25.1 Å². The minimum absolute atomic E-state index is 0.205. The van der Waals surface area contributed by atoms with Crippen molar-refractivity contribution in [2.75, 3.05) is 18.4 Å². The first-order chi connectivity index (χ1) is 12.8. The fourth-order valence-electron chi connectivity index (χ4n) is 3.04. The predicted octanol–water partition coefficient (Wildman–Crippen LogP) is 2.25. The molecule has 7 heteroatoms. The van der Waals surface area contributed by atoms with Crippen LogP contribution in [0.5, 0.6) is 5.75 Å². The van der Waals surface area contributed by atoms with E-state index in [-0.39, 0.29) is 11.8 Å². The molecule has 130 valence electrons. The summed E-state index contributed by atoms with van der Waals surface area (Å²) in [6, 6.07) is 13.5. The number of anilines is 1. The SMILES string of the molecule is N#Cc1nnc2ccccc2c1NCc1cc(OC2CCNC2)ccn1. The Morgan fingerprint density at radius 2 is 2.19 bits per heavy atom. The van der Waals surface area contributed by atoms with Gasteiger partial charge in [0.1, 0.15) is 17.9 Å². The van der Waals surface area contributed by atoms with Gasteiger partial charge in [-0.3, -0.25) is 4.98 Å². The van der Waals surface area contributed by atoms with E-state index in [4.69, 9.17) is 4.74 Å². The number of ether oxygens (including phenoxy) is 1. The van der Waals surface area contributed by atoms with E-state index in [0.29, 0.717) is 12.2 Å². The molecule has 26 heavy (non-hydrogen) atoms. The Labute approximate surface area is 151 Å². The number of nitrogens with zero attached hydrogens (tertiary/aromatic N) is 4. The number of nitriles is 1. The van der Waals surface area contributed by atoms with Gasteiger partial charge in [-0.2, -0.15) is 5.26 Å². The fourth-order valence-corrected chi connectivity index (χ4v) is 3.04. The molecule has 1 aromatic carbocycles. The zero-order valence-corrected chi connectivity index (χ0v) is 14.1. The van der Waals surface area contributed by atoms with E-state index in [0.717, 1.165) is 41.9 Å². The summed E-state index contributed by atoms with van der Waals surface area (Å²) >= 11 is 0. The van der Waals surface area contributed by atoms with Crippen molar-refractivity contribution in [1.29, 1.82) is 5.26 Å². The normalized spacial score (nSPS) is 16.3. The minimum atomic E-state index is 0.205. The first kappa shape index (κ1) is 16.2. The fraction of sp³-hybridized carbons (Fsp3) is 0.263. The molecule has 2 aromatic heterocycles. The summed E-state index contributed by atoms with van der Waals surface area (Å²) in [4.78, 5) is 4.39. The summed E-state index contributed by atoms with van der Waals surface area (Å²) in [5, 5.41) is 24.9. The van der Waals surface area contributed by atoms with E-state index in [9.17, 15) is 5.26 Å². The van der Waals surface area contributed by atoms with Gasteiger partial charge in [-0.25, -0.2) is 0 Å². The van der Waals surface area contributed by atoms with Crippen molar-refractivity contribution < 1.29 is 4.74 Å². The molecule has 0 radical (unpaired) electrons. The lowest BCUT2D eigenvalue weighted by Crippen LogP contribution is -2.19. The molecule has 0 spiro atoms. The van der Waals surface area contributed by atoms with Crippen LogP contribution in [-0.4, -0.2) is 34.4 Å². The predicted molar refractivity (Wildman–Crippen MR) is 97.7 cm³/mol. The number of fused-ring (bicyclic) bond motifs is 1. The van der Waals surface area contributed by atoms with Crippen LogP contribution in [0.25, 0.3) is 10.9 Å². The molecule has 1 aliphatic heterocycles. The third-order valence-corrected chi connectivity index (χ3v) is 4.33. The molecule has 3 heterocycles. The highest BCUT2D eigenvalue weighted by Crippen LogP contribution is 2.24. The zero-order valence-electron chi connectivity index (χ0n) is 14.1. The molecule has 0 amide bonds. The Morgan fingerprint density at radius 1 is 1.27 bits per heavy atom. The molecule has 1 fully saturated rings. The number of hydrogen-bond donors (Lipinski definition) is 2. The first-order valence-corrected chi connectivity index (χ1v) is 8.55. The van der Waals surface area contributed by atoms with Crippen molar-refractivity contribution >= 4 is 16.6 Å². The van der Waals surface area contributed by atoms with Crippen LogP contribution in [0.4, 0.5) is 5.69 Å². The van der Waals surface area contributed by atoms with Crippen molar-refractivity contribution in [1.82, 2.24) is 20.5 Å². The number of nitrogens with one attached hydrogen (secondary N) is 2. The Kier molecular flexibility index (Phi) is 4.58. The van der Waals surface area contributed by atoms with E-state index < -0.39 is 0 Å². The topological polar surface area (TPSA) is 95.8 Å². The van der Waals surface area contributed by atoms with Crippen LogP contribution in [0.15, 0.2) is 42.6 Å². The number of benzene rings is 1. The third-order valence-electron chi connectivity index (χ3n) is 4.33. The summed E-state index contributed by atoms with van der Waals surface area (Å²) in [6.07, 6.45) is 2.95. The second-order valence-corrected chi connectivity index (χ2v) is 6.12. The maximum Gasteiger partial charge on any atom is 0.186 e. The Morgan fingerprint density at radius 3 is 3.04 bits per heavy atom. The molecular weight excluding hydrogens is 328 g/mol. The molecule has 0 saturated carbocycles. The Bertz CT molecular complexity index is 962. The van der Waals surface area contributed by atoms with Crippen molar-refractivity contribution in [2.45, 2.75) is 19.1 Å². The lowest BCUT2D eigenvalue weighted by Gasteiger charge is -2.14. The standard InChI is InChI=1S/C19H18N6O/c20-10-18-19(16-3-1-2-4-17(16)24-25-18)23-11-13-9-14(6-8-22-13)26-15-5-7-21-12-15/h1-4,6,8-9,15,21H,5,7,11-12H2,(H,23,24). The Hall–Kier alpha value is -3.24. The van der Waals surface area contributed by atoms with Gasteiger partial charge in [0, 0.05) is 24.2 Å². The van der Waals surface area contributed by atoms with Gasteiger partial charge in [-0.15, -0.1) is 10.2 Å². The first-order valence-electron chi connectivity index (χ1n) is 8.55. The van der Waals surface area contributed by atoms with Crippen LogP contribution in [0.3, 0.4) is 0 Å². The van der Waals surface area contributed by atoms with Crippen LogP contribution in [-0.2, 0) is 6.54 Å². The van der Waals surface area contributed by atoms with Gasteiger partial charge < -0.3 is 15.4 Å². The molecular formula is C19H18N6O. The van der Waals surface area contributed by atoms with Crippen LogP contribution in [0.1, 0.15) is 17.8 Å². The minimum Gasteiger partial charge on any atom is -0.489 e. The van der Waals surface area contributed by atoms with Gasteiger partial charge in [0.2, 0.25) is 0 Å². The van der Waals surface area contributed by atoms with Crippen molar-refractivity contribution in [2.24, 2.45) is 0 Å². The summed E-state index contributed by atoms with van der Waals surface area (Å²) in [7, 11) is 0. The van der Waals surface area contributed by atoms with E-state index >= 15 is 0 Å². The Balaban J connectivity index is 1.54. The maximum absolute atomic E-state index is 9.34. The van der Waals surface area contributed by atoms with Crippen LogP contribution in [0.2, 0.25) is 0 Å². The highest BCUT2D eigenvalue weighted by atomic mass is 16.5.